The Hall–Kier alpha value is -1.13. The summed E-state index contributed by atoms with van der Waals surface area (Å²) in [7, 11) is 1.67. The highest BCUT2D eigenvalue weighted by atomic mass is 35.5. The molecule has 21 heavy (non-hydrogen) atoms. The van der Waals surface area contributed by atoms with Crippen LogP contribution in [0, 0.1) is 5.92 Å². The predicted molar refractivity (Wildman–Crippen MR) is 88.8 cm³/mol. The van der Waals surface area contributed by atoms with Gasteiger partial charge in [0.05, 0.1) is 24.8 Å². The van der Waals surface area contributed by atoms with Gasteiger partial charge >= 0.3 is 0 Å². The lowest BCUT2D eigenvalue weighted by molar-refractivity contribution is 0.211. The molecule has 0 bridgehead atoms. The quantitative estimate of drug-likeness (QED) is 0.793. The molecule has 1 aromatic rings. The molecule has 1 fully saturated rings. The lowest BCUT2D eigenvalue weighted by Crippen LogP contribution is -2.32. The number of hydrogen-bond acceptors (Lipinski definition) is 4. The van der Waals surface area contributed by atoms with E-state index >= 15 is 0 Å². The summed E-state index contributed by atoms with van der Waals surface area (Å²) >= 11 is 5.60. The first-order valence-corrected chi connectivity index (χ1v) is 8.08. The van der Waals surface area contributed by atoms with Gasteiger partial charge in [-0.2, -0.15) is 0 Å². The number of alkyl halides is 1. The standard InChI is InChI=1S/C16H25ClN2O2/c1-12-5-7-19(8-6-12)13-3-4-15(16(9-13)21-2)18-11-14(20)10-17/h3-4,9,12,14,18,20H,5-8,10-11H2,1-2H3. The molecule has 0 spiro atoms. The van der Waals surface area contributed by atoms with Crippen LogP contribution in [0.3, 0.4) is 0 Å². The van der Waals surface area contributed by atoms with Crippen molar-refractivity contribution in [1.82, 2.24) is 0 Å². The van der Waals surface area contributed by atoms with Crippen LogP contribution < -0.4 is 15.0 Å². The summed E-state index contributed by atoms with van der Waals surface area (Å²) in [5, 5.41) is 12.7. The maximum Gasteiger partial charge on any atom is 0.144 e. The van der Waals surface area contributed by atoms with E-state index in [-0.39, 0.29) is 5.88 Å². The third-order valence-corrected chi connectivity index (χ3v) is 4.40. The number of nitrogens with zero attached hydrogens (tertiary/aromatic N) is 1. The number of aliphatic hydroxyl groups is 1. The Morgan fingerprint density at radius 1 is 1.43 bits per heavy atom. The monoisotopic (exact) mass is 312 g/mol. The molecule has 4 nitrogen and oxygen atoms in total. The van der Waals surface area contributed by atoms with Crippen LogP contribution >= 0.6 is 11.6 Å². The average Bonchev–Trinajstić information content (AvgIpc) is 2.53. The fourth-order valence-corrected chi connectivity index (χ4v) is 2.68. The number of rotatable bonds is 6. The van der Waals surface area contributed by atoms with Crippen LogP contribution in [0.4, 0.5) is 11.4 Å². The zero-order valence-electron chi connectivity index (χ0n) is 12.8. The third-order valence-electron chi connectivity index (χ3n) is 4.04. The summed E-state index contributed by atoms with van der Waals surface area (Å²) in [6.07, 6.45) is 1.92. The normalized spacial score (nSPS) is 17.6. The van der Waals surface area contributed by atoms with Gasteiger partial charge in [-0.05, 0) is 30.9 Å². The fraction of sp³-hybridized carbons (Fsp3) is 0.625. The molecule has 5 heteroatoms. The minimum atomic E-state index is -0.556. The third kappa shape index (κ3) is 4.42. The van der Waals surface area contributed by atoms with Crippen LogP contribution in [-0.2, 0) is 0 Å². The van der Waals surface area contributed by atoms with E-state index in [2.05, 4.69) is 29.3 Å². The topological polar surface area (TPSA) is 44.7 Å². The summed E-state index contributed by atoms with van der Waals surface area (Å²) in [6.45, 7) is 4.93. The molecule has 0 saturated carbocycles. The van der Waals surface area contributed by atoms with Gasteiger partial charge in [-0.25, -0.2) is 0 Å². The lowest BCUT2D eigenvalue weighted by atomic mass is 9.99. The largest absolute Gasteiger partial charge is 0.495 e. The Labute approximate surface area is 132 Å². The van der Waals surface area contributed by atoms with E-state index in [0.29, 0.717) is 6.54 Å². The van der Waals surface area contributed by atoms with E-state index < -0.39 is 6.10 Å². The molecule has 0 aromatic heterocycles. The SMILES string of the molecule is COc1cc(N2CCC(C)CC2)ccc1NCC(O)CCl. The number of nitrogens with one attached hydrogen (secondary N) is 1. The van der Waals surface area contributed by atoms with Gasteiger partial charge in [-0.3, -0.25) is 0 Å². The van der Waals surface area contributed by atoms with Crippen LogP contribution in [0.5, 0.6) is 5.75 Å². The van der Waals surface area contributed by atoms with Crippen molar-refractivity contribution in [2.45, 2.75) is 25.9 Å². The molecular weight excluding hydrogens is 288 g/mol. The minimum Gasteiger partial charge on any atom is -0.495 e. The molecule has 2 N–H and O–H groups in total. The zero-order chi connectivity index (χ0) is 15.2. The number of methoxy groups -OCH3 is 1. The molecule has 1 unspecified atom stereocenters. The van der Waals surface area contributed by atoms with Crippen molar-refractivity contribution in [2.24, 2.45) is 5.92 Å². The number of anilines is 2. The van der Waals surface area contributed by atoms with Gasteiger partial charge in [0.15, 0.2) is 0 Å². The van der Waals surface area contributed by atoms with Gasteiger partial charge in [-0.1, -0.05) is 6.92 Å². The molecule has 2 rings (SSSR count). The first kappa shape index (κ1) is 16.2. The number of halogens is 1. The first-order chi connectivity index (χ1) is 10.1. The average molecular weight is 313 g/mol. The van der Waals surface area contributed by atoms with Crippen LogP contribution in [0.2, 0.25) is 0 Å². The second-order valence-corrected chi connectivity index (χ2v) is 6.05. The van der Waals surface area contributed by atoms with E-state index in [9.17, 15) is 5.11 Å². The molecule has 0 amide bonds. The van der Waals surface area contributed by atoms with E-state index in [1.807, 2.05) is 6.07 Å². The van der Waals surface area contributed by atoms with Gasteiger partial charge in [-0.15, -0.1) is 11.6 Å². The van der Waals surface area contributed by atoms with Gasteiger partial charge in [0, 0.05) is 31.4 Å². The van der Waals surface area contributed by atoms with E-state index in [4.69, 9.17) is 16.3 Å². The van der Waals surface area contributed by atoms with Crippen LogP contribution in [0.15, 0.2) is 18.2 Å². The molecule has 1 aliphatic rings. The number of ether oxygens (including phenoxy) is 1. The first-order valence-electron chi connectivity index (χ1n) is 7.55. The van der Waals surface area contributed by atoms with Gasteiger partial charge in [0.25, 0.3) is 0 Å². The molecule has 1 saturated heterocycles. The number of hydrogen-bond donors (Lipinski definition) is 2. The second kappa shape index (κ2) is 7.76. The molecule has 0 aliphatic carbocycles. The maximum absolute atomic E-state index is 9.52. The number of piperidine rings is 1. The van der Waals surface area contributed by atoms with Gasteiger partial charge in [0.2, 0.25) is 0 Å². The summed E-state index contributed by atoms with van der Waals surface area (Å²) in [5.41, 5.74) is 2.08. The minimum absolute atomic E-state index is 0.222. The van der Waals surface area contributed by atoms with E-state index in [1.165, 1.54) is 18.5 Å². The highest BCUT2D eigenvalue weighted by Crippen LogP contribution is 2.31. The molecule has 1 heterocycles. The second-order valence-electron chi connectivity index (χ2n) is 5.74. The Kier molecular flexibility index (Phi) is 6.00. The highest BCUT2D eigenvalue weighted by molar-refractivity contribution is 6.18. The predicted octanol–water partition coefficient (Wildman–Crippen LogP) is 2.94. The molecule has 0 radical (unpaired) electrons. The zero-order valence-corrected chi connectivity index (χ0v) is 13.6. The van der Waals surface area contributed by atoms with Crippen molar-refractivity contribution in [3.8, 4) is 5.75 Å². The fourth-order valence-electron chi connectivity index (χ4n) is 2.57. The van der Waals surface area contributed by atoms with Crippen LogP contribution in [-0.4, -0.2) is 43.8 Å². The van der Waals surface area contributed by atoms with Gasteiger partial charge < -0.3 is 20.1 Å². The molecule has 1 aliphatic heterocycles. The Morgan fingerprint density at radius 2 is 2.14 bits per heavy atom. The lowest BCUT2D eigenvalue weighted by Gasteiger charge is -2.32. The maximum atomic E-state index is 9.52. The van der Waals surface area contributed by atoms with E-state index in [0.717, 1.165) is 30.4 Å². The van der Waals surface area contributed by atoms with Crippen molar-refractivity contribution in [3.05, 3.63) is 18.2 Å². The smallest absolute Gasteiger partial charge is 0.144 e. The molecule has 1 atom stereocenters. The van der Waals surface area contributed by atoms with Crippen molar-refractivity contribution >= 4 is 23.0 Å². The highest BCUT2D eigenvalue weighted by Gasteiger charge is 2.17. The molecular formula is C16H25ClN2O2. The Balaban J connectivity index is 2.05. The number of aliphatic hydroxyl groups excluding tert-OH is 1. The molecule has 118 valence electrons. The van der Waals surface area contributed by atoms with Crippen molar-refractivity contribution in [1.29, 1.82) is 0 Å². The number of benzene rings is 1. The Morgan fingerprint density at radius 3 is 2.76 bits per heavy atom. The summed E-state index contributed by atoms with van der Waals surface area (Å²) in [4.78, 5) is 2.40. The summed E-state index contributed by atoms with van der Waals surface area (Å²) < 4.78 is 5.46. The van der Waals surface area contributed by atoms with Crippen LogP contribution in [0.25, 0.3) is 0 Å². The summed E-state index contributed by atoms with van der Waals surface area (Å²) in [5.74, 6) is 1.84. The summed E-state index contributed by atoms with van der Waals surface area (Å²) in [6, 6.07) is 6.17. The van der Waals surface area contributed by atoms with Crippen molar-refractivity contribution in [2.75, 3.05) is 42.8 Å². The van der Waals surface area contributed by atoms with Gasteiger partial charge in [0.1, 0.15) is 5.75 Å². The van der Waals surface area contributed by atoms with Crippen LogP contribution in [0.1, 0.15) is 19.8 Å². The molecule has 1 aromatic carbocycles. The van der Waals surface area contributed by atoms with Crippen molar-refractivity contribution < 1.29 is 9.84 Å². The van der Waals surface area contributed by atoms with Crippen molar-refractivity contribution in [3.63, 3.8) is 0 Å². The van der Waals surface area contributed by atoms with E-state index in [1.54, 1.807) is 7.11 Å². The Bertz CT molecular complexity index is 448.